The maximum atomic E-state index is 12.4. The minimum Gasteiger partial charge on any atom is -0.497 e. The van der Waals surface area contributed by atoms with Gasteiger partial charge in [-0.25, -0.2) is 0 Å². The second-order valence-corrected chi connectivity index (χ2v) is 5.11. The summed E-state index contributed by atoms with van der Waals surface area (Å²) < 4.78 is 5.10. The lowest BCUT2D eigenvalue weighted by molar-refractivity contribution is 0.0978. The van der Waals surface area contributed by atoms with Gasteiger partial charge in [0, 0.05) is 17.9 Å². The standard InChI is InChI=1S/C19H20O2/c1-4-15(16-7-5-14(2)6-8-16)13-19(20)17-9-11-18(21-3)12-10-17/h4-12,15H,1,13H2,2-3H3/t15-/m1/s1. The number of ketones is 1. The molecule has 2 aromatic rings. The lowest BCUT2D eigenvalue weighted by atomic mass is 9.91. The summed E-state index contributed by atoms with van der Waals surface area (Å²) in [4.78, 5) is 12.4. The first kappa shape index (κ1) is 15.0. The molecule has 21 heavy (non-hydrogen) atoms. The van der Waals surface area contributed by atoms with Gasteiger partial charge in [-0.15, -0.1) is 6.58 Å². The number of carbonyl (C=O) groups is 1. The summed E-state index contributed by atoms with van der Waals surface area (Å²) in [5.41, 5.74) is 3.04. The van der Waals surface area contributed by atoms with Crippen LogP contribution >= 0.6 is 0 Å². The van der Waals surface area contributed by atoms with E-state index in [1.54, 1.807) is 19.2 Å². The van der Waals surface area contributed by atoms with E-state index in [4.69, 9.17) is 4.74 Å². The SMILES string of the molecule is C=C[C@H](CC(=O)c1ccc(OC)cc1)c1ccc(C)cc1. The molecule has 0 saturated carbocycles. The average molecular weight is 280 g/mol. The smallest absolute Gasteiger partial charge is 0.163 e. The van der Waals surface area contributed by atoms with Gasteiger partial charge in [0.05, 0.1) is 7.11 Å². The number of hydrogen-bond acceptors (Lipinski definition) is 2. The van der Waals surface area contributed by atoms with Crippen LogP contribution in [-0.2, 0) is 0 Å². The zero-order chi connectivity index (χ0) is 15.2. The predicted octanol–water partition coefficient (Wildman–Crippen LogP) is 4.55. The Morgan fingerprint density at radius 1 is 1.14 bits per heavy atom. The number of hydrogen-bond donors (Lipinski definition) is 0. The number of methoxy groups -OCH3 is 1. The highest BCUT2D eigenvalue weighted by Gasteiger charge is 2.14. The highest BCUT2D eigenvalue weighted by Crippen LogP contribution is 2.24. The van der Waals surface area contributed by atoms with Crippen LogP contribution in [0.5, 0.6) is 5.75 Å². The summed E-state index contributed by atoms with van der Waals surface area (Å²) >= 11 is 0. The first-order chi connectivity index (χ1) is 10.1. The largest absolute Gasteiger partial charge is 0.497 e. The fourth-order valence-corrected chi connectivity index (χ4v) is 2.25. The zero-order valence-electron chi connectivity index (χ0n) is 12.5. The van der Waals surface area contributed by atoms with Gasteiger partial charge in [0.25, 0.3) is 0 Å². The fraction of sp³-hybridized carbons (Fsp3) is 0.211. The summed E-state index contributed by atoms with van der Waals surface area (Å²) in [6.45, 7) is 5.91. The number of carbonyl (C=O) groups excluding carboxylic acids is 1. The van der Waals surface area contributed by atoms with Crippen molar-refractivity contribution in [1.29, 1.82) is 0 Å². The molecule has 0 aliphatic heterocycles. The molecule has 0 heterocycles. The van der Waals surface area contributed by atoms with Gasteiger partial charge in [0.15, 0.2) is 5.78 Å². The molecule has 2 heteroatoms. The lowest BCUT2D eigenvalue weighted by Gasteiger charge is -2.12. The molecule has 0 amide bonds. The average Bonchev–Trinajstić information content (AvgIpc) is 2.53. The Kier molecular flexibility index (Phi) is 4.94. The monoisotopic (exact) mass is 280 g/mol. The molecular weight excluding hydrogens is 260 g/mol. The second-order valence-electron chi connectivity index (χ2n) is 5.11. The summed E-state index contributed by atoms with van der Waals surface area (Å²) in [5, 5.41) is 0. The molecule has 2 rings (SSSR count). The zero-order valence-corrected chi connectivity index (χ0v) is 12.5. The molecule has 0 aliphatic carbocycles. The molecule has 0 aromatic heterocycles. The maximum Gasteiger partial charge on any atom is 0.163 e. The van der Waals surface area contributed by atoms with Crippen LogP contribution in [0.25, 0.3) is 0 Å². The van der Waals surface area contributed by atoms with Crippen LogP contribution in [0.15, 0.2) is 61.2 Å². The van der Waals surface area contributed by atoms with Crippen LogP contribution in [-0.4, -0.2) is 12.9 Å². The number of allylic oxidation sites excluding steroid dienone is 1. The first-order valence-corrected chi connectivity index (χ1v) is 7.00. The van der Waals surface area contributed by atoms with Gasteiger partial charge in [-0.3, -0.25) is 4.79 Å². The molecule has 0 aliphatic rings. The van der Waals surface area contributed by atoms with Crippen molar-refractivity contribution in [1.82, 2.24) is 0 Å². The summed E-state index contributed by atoms with van der Waals surface area (Å²) in [5.74, 6) is 0.911. The Bertz CT molecular complexity index is 609. The normalized spacial score (nSPS) is 11.7. The van der Waals surface area contributed by atoms with Crippen LogP contribution in [0.1, 0.15) is 33.8 Å². The third-order valence-electron chi connectivity index (χ3n) is 3.61. The Morgan fingerprint density at radius 2 is 1.76 bits per heavy atom. The van der Waals surface area contributed by atoms with Gasteiger partial charge in [0.1, 0.15) is 5.75 Å². The molecule has 0 N–H and O–H groups in total. The Labute approximate surface area is 126 Å². The van der Waals surface area contributed by atoms with Crippen molar-refractivity contribution >= 4 is 5.78 Å². The summed E-state index contributed by atoms with van der Waals surface area (Å²) in [6.07, 6.45) is 2.27. The Balaban J connectivity index is 2.11. The van der Waals surface area contributed by atoms with Crippen molar-refractivity contribution in [3.63, 3.8) is 0 Å². The number of benzene rings is 2. The van der Waals surface area contributed by atoms with E-state index in [-0.39, 0.29) is 11.7 Å². The van der Waals surface area contributed by atoms with Crippen LogP contribution in [0.2, 0.25) is 0 Å². The topological polar surface area (TPSA) is 26.3 Å². The third-order valence-corrected chi connectivity index (χ3v) is 3.61. The van der Waals surface area contributed by atoms with Crippen LogP contribution in [0, 0.1) is 6.92 Å². The van der Waals surface area contributed by atoms with E-state index in [1.165, 1.54) is 5.56 Å². The molecule has 0 fully saturated rings. The van der Waals surface area contributed by atoms with E-state index in [0.717, 1.165) is 11.3 Å². The third kappa shape index (κ3) is 3.82. The van der Waals surface area contributed by atoms with Crippen molar-refractivity contribution in [3.05, 3.63) is 77.9 Å². The molecule has 2 nitrogen and oxygen atoms in total. The van der Waals surface area contributed by atoms with Crippen molar-refractivity contribution in [3.8, 4) is 5.75 Å². The Hall–Kier alpha value is -2.35. The second kappa shape index (κ2) is 6.89. The van der Waals surface area contributed by atoms with Crippen LogP contribution in [0.3, 0.4) is 0 Å². The molecule has 0 spiro atoms. The molecule has 108 valence electrons. The van der Waals surface area contributed by atoms with E-state index >= 15 is 0 Å². The van der Waals surface area contributed by atoms with Crippen molar-refractivity contribution in [2.75, 3.05) is 7.11 Å². The van der Waals surface area contributed by atoms with Gasteiger partial charge >= 0.3 is 0 Å². The molecule has 2 aromatic carbocycles. The van der Waals surface area contributed by atoms with Crippen molar-refractivity contribution in [2.45, 2.75) is 19.3 Å². The van der Waals surface area contributed by atoms with Crippen molar-refractivity contribution < 1.29 is 9.53 Å². The van der Waals surface area contributed by atoms with Gasteiger partial charge in [-0.2, -0.15) is 0 Å². The number of rotatable bonds is 6. The molecular formula is C19H20O2. The molecule has 0 radical (unpaired) electrons. The van der Waals surface area contributed by atoms with Crippen molar-refractivity contribution in [2.24, 2.45) is 0 Å². The van der Waals surface area contributed by atoms with E-state index < -0.39 is 0 Å². The van der Waals surface area contributed by atoms with Gasteiger partial charge in [-0.05, 0) is 36.8 Å². The highest BCUT2D eigenvalue weighted by molar-refractivity contribution is 5.96. The minimum atomic E-state index is 0.0419. The number of ether oxygens (including phenoxy) is 1. The van der Waals surface area contributed by atoms with E-state index in [0.29, 0.717) is 12.0 Å². The van der Waals surface area contributed by atoms with E-state index in [2.05, 4.69) is 37.8 Å². The first-order valence-electron chi connectivity index (χ1n) is 7.00. The maximum absolute atomic E-state index is 12.4. The molecule has 1 atom stereocenters. The predicted molar refractivity (Wildman–Crippen MR) is 86.1 cm³/mol. The Morgan fingerprint density at radius 3 is 2.29 bits per heavy atom. The fourth-order valence-electron chi connectivity index (χ4n) is 2.25. The highest BCUT2D eigenvalue weighted by atomic mass is 16.5. The quantitative estimate of drug-likeness (QED) is 0.573. The van der Waals surface area contributed by atoms with E-state index in [9.17, 15) is 4.79 Å². The summed E-state index contributed by atoms with van der Waals surface area (Å²) in [7, 11) is 1.61. The van der Waals surface area contributed by atoms with Gasteiger partial charge in [0.2, 0.25) is 0 Å². The van der Waals surface area contributed by atoms with E-state index in [1.807, 2.05) is 18.2 Å². The summed E-state index contributed by atoms with van der Waals surface area (Å²) in [6, 6.07) is 15.5. The molecule has 0 saturated heterocycles. The van der Waals surface area contributed by atoms with Gasteiger partial charge < -0.3 is 4.74 Å². The molecule has 0 bridgehead atoms. The lowest BCUT2D eigenvalue weighted by Crippen LogP contribution is -2.06. The number of aryl methyl sites for hydroxylation is 1. The van der Waals surface area contributed by atoms with Crippen LogP contribution < -0.4 is 4.74 Å². The molecule has 0 unspecified atom stereocenters. The van der Waals surface area contributed by atoms with Crippen LogP contribution in [0.4, 0.5) is 0 Å². The van der Waals surface area contributed by atoms with Gasteiger partial charge in [-0.1, -0.05) is 35.9 Å². The minimum absolute atomic E-state index is 0.0419. The number of Topliss-reactive ketones (excluding diaryl/α,β-unsaturated/α-hetero) is 1.